The molecule has 0 radical (unpaired) electrons. The molecule has 0 heterocycles. The van der Waals surface area contributed by atoms with E-state index in [9.17, 15) is 0 Å². The summed E-state index contributed by atoms with van der Waals surface area (Å²) in [5.74, 6) is 0. The van der Waals surface area contributed by atoms with Gasteiger partial charge in [-0.05, 0) is 18.9 Å². The van der Waals surface area contributed by atoms with Gasteiger partial charge >= 0.3 is 0 Å². The number of rotatable bonds is 17. The standard InChI is InChI=1S/C25H45ClN.BrH/c1-4-5-6-7-8-9-10-11-12-13-14-15-16-19-22-27(2,3)23-24-20-17-18-21-25(24)26;/h17-18,20-21H,4-16,19,22-23H2,1-3H3;1H/q+1;/p-1. The monoisotopic (exact) mass is 473 g/mol. The molecule has 0 aliphatic carbocycles. The van der Waals surface area contributed by atoms with Crippen molar-refractivity contribution in [2.75, 3.05) is 20.6 Å². The van der Waals surface area contributed by atoms with E-state index in [1.54, 1.807) is 0 Å². The first-order valence-corrected chi connectivity index (χ1v) is 12.0. The van der Waals surface area contributed by atoms with Crippen molar-refractivity contribution in [2.24, 2.45) is 0 Å². The van der Waals surface area contributed by atoms with Crippen LogP contribution in [0.1, 0.15) is 102 Å². The number of benzene rings is 1. The molecule has 0 N–H and O–H groups in total. The number of hydrogen-bond donors (Lipinski definition) is 0. The molecule has 0 saturated heterocycles. The number of unbranched alkanes of at least 4 members (excludes halogenated alkanes) is 13. The Balaban J connectivity index is 0.00000729. The predicted molar refractivity (Wildman–Crippen MR) is 122 cm³/mol. The Bertz CT molecular complexity index is 475. The maximum absolute atomic E-state index is 6.31. The van der Waals surface area contributed by atoms with Crippen molar-refractivity contribution in [1.29, 1.82) is 0 Å². The van der Waals surface area contributed by atoms with Gasteiger partial charge in [-0.1, -0.05) is 114 Å². The highest BCUT2D eigenvalue weighted by molar-refractivity contribution is 6.31. The third-order valence-electron chi connectivity index (χ3n) is 5.67. The Labute approximate surface area is 191 Å². The van der Waals surface area contributed by atoms with Crippen LogP contribution in [0.5, 0.6) is 0 Å². The first-order chi connectivity index (χ1) is 13.0. The summed E-state index contributed by atoms with van der Waals surface area (Å²) < 4.78 is 1.03. The Morgan fingerprint density at radius 3 is 1.57 bits per heavy atom. The molecule has 0 fully saturated rings. The highest BCUT2D eigenvalue weighted by Crippen LogP contribution is 2.20. The fourth-order valence-electron chi connectivity index (χ4n) is 3.90. The molecule has 0 aliphatic heterocycles. The van der Waals surface area contributed by atoms with Crippen molar-refractivity contribution in [3.05, 3.63) is 34.9 Å². The van der Waals surface area contributed by atoms with Gasteiger partial charge in [-0.15, -0.1) is 0 Å². The van der Waals surface area contributed by atoms with E-state index in [0.29, 0.717) is 0 Å². The summed E-state index contributed by atoms with van der Waals surface area (Å²) in [6.45, 7) is 4.56. The summed E-state index contributed by atoms with van der Waals surface area (Å²) in [5.41, 5.74) is 1.27. The summed E-state index contributed by atoms with van der Waals surface area (Å²) in [6, 6.07) is 8.27. The van der Waals surface area contributed by atoms with Gasteiger partial charge in [0.25, 0.3) is 0 Å². The van der Waals surface area contributed by atoms with Crippen LogP contribution in [0.4, 0.5) is 0 Å². The smallest absolute Gasteiger partial charge is 0.105 e. The lowest BCUT2D eigenvalue weighted by Crippen LogP contribution is -3.00. The van der Waals surface area contributed by atoms with Crippen LogP contribution in [0.2, 0.25) is 5.02 Å². The van der Waals surface area contributed by atoms with Crippen molar-refractivity contribution in [3.63, 3.8) is 0 Å². The van der Waals surface area contributed by atoms with Gasteiger partial charge in [0.1, 0.15) is 6.54 Å². The van der Waals surface area contributed by atoms with Gasteiger partial charge in [-0.25, -0.2) is 0 Å². The Hall–Kier alpha value is -0.0500. The third-order valence-corrected chi connectivity index (χ3v) is 6.04. The average Bonchev–Trinajstić information content (AvgIpc) is 2.64. The van der Waals surface area contributed by atoms with Crippen LogP contribution in [0.3, 0.4) is 0 Å². The lowest BCUT2D eigenvalue weighted by molar-refractivity contribution is -0.903. The molecule has 0 aliphatic rings. The SMILES string of the molecule is CCCCCCCCCCCCCCCC[N+](C)(C)Cc1ccccc1Cl.[Br-]. The fraction of sp³-hybridized carbons (Fsp3) is 0.760. The number of hydrogen-bond acceptors (Lipinski definition) is 0. The van der Waals surface area contributed by atoms with E-state index >= 15 is 0 Å². The third kappa shape index (κ3) is 14.9. The molecule has 0 aromatic heterocycles. The molecular formula is C25H45BrClN. The van der Waals surface area contributed by atoms with Crippen molar-refractivity contribution < 1.29 is 21.5 Å². The van der Waals surface area contributed by atoms with Crippen molar-refractivity contribution in [1.82, 2.24) is 0 Å². The van der Waals surface area contributed by atoms with Crippen LogP contribution in [0.25, 0.3) is 0 Å². The van der Waals surface area contributed by atoms with E-state index in [-0.39, 0.29) is 17.0 Å². The molecular weight excluding hydrogens is 430 g/mol. The number of nitrogens with zero attached hydrogens (tertiary/aromatic N) is 1. The molecule has 0 unspecified atom stereocenters. The Morgan fingerprint density at radius 1 is 0.679 bits per heavy atom. The molecule has 0 amide bonds. The molecule has 3 heteroatoms. The summed E-state index contributed by atoms with van der Waals surface area (Å²) in [6.07, 6.45) is 19.9. The summed E-state index contributed by atoms with van der Waals surface area (Å²) in [7, 11) is 4.65. The van der Waals surface area contributed by atoms with Gasteiger partial charge < -0.3 is 21.5 Å². The van der Waals surface area contributed by atoms with Crippen molar-refractivity contribution in [3.8, 4) is 0 Å². The van der Waals surface area contributed by atoms with E-state index in [2.05, 4.69) is 33.2 Å². The van der Waals surface area contributed by atoms with Gasteiger partial charge in [0, 0.05) is 10.6 Å². The van der Waals surface area contributed by atoms with Gasteiger partial charge in [0.15, 0.2) is 0 Å². The maximum atomic E-state index is 6.31. The zero-order valence-electron chi connectivity index (χ0n) is 18.8. The molecule has 164 valence electrons. The van der Waals surface area contributed by atoms with Crippen LogP contribution in [-0.2, 0) is 6.54 Å². The minimum Gasteiger partial charge on any atom is -1.00 e. The second-order valence-corrected chi connectivity index (χ2v) is 9.41. The molecule has 0 spiro atoms. The second-order valence-electron chi connectivity index (χ2n) is 9.01. The van der Waals surface area contributed by atoms with E-state index < -0.39 is 0 Å². The van der Waals surface area contributed by atoms with Crippen LogP contribution in [0.15, 0.2) is 24.3 Å². The highest BCUT2D eigenvalue weighted by Gasteiger charge is 2.16. The second kappa shape index (κ2) is 17.8. The van der Waals surface area contributed by atoms with Gasteiger partial charge in [-0.3, -0.25) is 0 Å². The van der Waals surface area contributed by atoms with Gasteiger partial charge in [0.2, 0.25) is 0 Å². The summed E-state index contributed by atoms with van der Waals surface area (Å²) in [4.78, 5) is 0. The molecule has 0 saturated carbocycles. The average molecular weight is 475 g/mol. The van der Waals surface area contributed by atoms with E-state index in [0.717, 1.165) is 16.1 Å². The van der Waals surface area contributed by atoms with Crippen LogP contribution >= 0.6 is 11.6 Å². The van der Waals surface area contributed by atoms with Crippen molar-refractivity contribution >= 4 is 11.6 Å². The molecule has 28 heavy (non-hydrogen) atoms. The highest BCUT2D eigenvalue weighted by atomic mass is 79.9. The first kappa shape index (κ1) is 27.9. The van der Waals surface area contributed by atoms with Gasteiger partial charge in [0.05, 0.1) is 20.6 Å². The molecule has 1 aromatic rings. The maximum Gasteiger partial charge on any atom is 0.105 e. The fourth-order valence-corrected chi connectivity index (χ4v) is 4.10. The normalized spacial score (nSPS) is 11.4. The zero-order chi connectivity index (χ0) is 19.8. The van der Waals surface area contributed by atoms with Crippen LogP contribution < -0.4 is 17.0 Å². The lowest BCUT2D eigenvalue weighted by Gasteiger charge is -2.30. The molecule has 0 atom stereocenters. The molecule has 1 nitrogen and oxygen atoms in total. The molecule has 0 bridgehead atoms. The van der Waals surface area contributed by atoms with Crippen LogP contribution in [0, 0.1) is 0 Å². The van der Waals surface area contributed by atoms with E-state index in [1.807, 2.05) is 12.1 Å². The lowest BCUT2D eigenvalue weighted by atomic mass is 10.0. The van der Waals surface area contributed by atoms with Gasteiger partial charge in [-0.2, -0.15) is 0 Å². The van der Waals surface area contributed by atoms with Crippen molar-refractivity contribution in [2.45, 2.75) is 103 Å². The molecule has 1 aromatic carbocycles. The van der Waals surface area contributed by atoms with Crippen LogP contribution in [-0.4, -0.2) is 25.1 Å². The predicted octanol–water partition coefficient (Wildman–Crippen LogP) is 5.40. The summed E-state index contributed by atoms with van der Waals surface area (Å²) >= 11 is 6.31. The first-order valence-electron chi connectivity index (χ1n) is 11.6. The quantitative estimate of drug-likeness (QED) is 0.209. The molecule has 1 rings (SSSR count). The van der Waals surface area contributed by atoms with E-state index in [4.69, 9.17) is 11.6 Å². The minimum absolute atomic E-state index is 0. The Morgan fingerprint density at radius 2 is 1.11 bits per heavy atom. The zero-order valence-corrected chi connectivity index (χ0v) is 21.2. The Kier molecular flexibility index (Phi) is 17.7. The number of quaternary nitrogens is 1. The number of halogens is 2. The summed E-state index contributed by atoms with van der Waals surface area (Å²) in [5, 5.41) is 0.907. The largest absolute Gasteiger partial charge is 1.00 e. The van der Waals surface area contributed by atoms with E-state index in [1.165, 1.54) is 102 Å². The minimum atomic E-state index is 0. The topological polar surface area (TPSA) is 0 Å².